The molecule has 1 saturated heterocycles. The van der Waals surface area contributed by atoms with Gasteiger partial charge >= 0.3 is 0 Å². The van der Waals surface area contributed by atoms with Gasteiger partial charge in [0.05, 0.1) is 0 Å². The highest BCUT2D eigenvalue weighted by atomic mass is 16.5. The van der Waals surface area contributed by atoms with E-state index in [-0.39, 0.29) is 11.8 Å². The summed E-state index contributed by atoms with van der Waals surface area (Å²) in [5, 5.41) is 2.81. The zero-order chi connectivity index (χ0) is 19.8. The van der Waals surface area contributed by atoms with Crippen LogP contribution in [0, 0.1) is 0 Å². The minimum absolute atomic E-state index is 0.0710. The molecule has 3 rings (SSSR count). The van der Waals surface area contributed by atoms with Crippen LogP contribution in [0.2, 0.25) is 0 Å². The van der Waals surface area contributed by atoms with E-state index >= 15 is 0 Å². The summed E-state index contributed by atoms with van der Waals surface area (Å²) >= 11 is 0. The van der Waals surface area contributed by atoms with Gasteiger partial charge in [-0.15, -0.1) is 0 Å². The van der Waals surface area contributed by atoms with Crippen LogP contribution in [0.25, 0.3) is 0 Å². The zero-order valence-electron chi connectivity index (χ0n) is 16.2. The molecule has 0 radical (unpaired) electrons. The number of benzene rings is 2. The molecule has 1 N–H and O–H groups in total. The Labute approximate surface area is 166 Å². The van der Waals surface area contributed by atoms with Crippen molar-refractivity contribution in [2.45, 2.75) is 12.5 Å². The largest absolute Gasteiger partial charge is 0.368 e. The molecular weight excluding hydrogens is 354 g/mol. The minimum atomic E-state index is -0.661. The second kappa shape index (κ2) is 9.90. The van der Waals surface area contributed by atoms with Gasteiger partial charge in [-0.2, -0.15) is 0 Å². The summed E-state index contributed by atoms with van der Waals surface area (Å²) in [4.78, 5) is 29.0. The number of carbonyl (C=O) groups excluding carboxylic acids is 2. The van der Waals surface area contributed by atoms with E-state index in [1.54, 1.807) is 0 Å². The van der Waals surface area contributed by atoms with Gasteiger partial charge in [0, 0.05) is 51.9 Å². The molecule has 28 heavy (non-hydrogen) atoms. The Morgan fingerprint density at radius 2 is 1.57 bits per heavy atom. The van der Waals surface area contributed by atoms with Crippen molar-refractivity contribution in [3.05, 3.63) is 66.2 Å². The fraction of sp³-hybridized carbons (Fsp3) is 0.364. The predicted molar refractivity (Wildman–Crippen MR) is 109 cm³/mol. The molecule has 148 valence electrons. The van der Waals surface area contributed by atoms with Crippen molar-refractivity contribution in [2.75, 3.05) is 44.7 Å². The number of nitrogens with zero attached hydrogens (tertiary/aromatic N) is 2. The first-order valence-corrected chi connectivity index (χ1v) is 9.62. The predicted octanol–water partition coefficient (Wildman–Crippen LogP) is 2.23. The maximum Gasteiger partial charge on any atom is 0.253 e. The molecule has 0 bridgehead atoms. The lowest BCUT2D eigenvalue weighted by Crippen LogP contribution is -2.49. The molecule has 1 fully saturated rings. The molecule has 6 heteroatoms. The lowest BCUT2D eigenvalue weighted by atomic mass is 10.1. The molecule has 2 aromatic rings. The van der Waals surface area contributed by atoms with Crippen LogP contribution in [-0.2, 0) is 14.3 Å². The van der Waals surface area contributed by atoms with Gasteiger partial charge in [-0.05, 0) is 17.7 Å². The number of hydrogen-bond acceptors (Lipinski definition) is 4. The highest BCUT2D eigenvalue weighted by Crippen LogP contribution is 2.17. The SMILES string of the molecule is COC(C(=O)NCCC(=O)N1CCN(c2ccccc2)CC1)c1ccccc1. The molecule has 1 aliphatic heterocycles. The van der Waals surface area contributed by atoms with Crippen molar-refractivity contribution in [1.29, 1.82) is 0 Å². The van der Waals surface area contributed by atoms with Gasteiger partial charge in [0.2, 0.25) is 5.91 Å². The Hall–Kier alpha value is -2.86. The maximum absolute atomic E-state index is 12.5. The molecular formula is C22H27N3O3. The van der Waals surface area contributed by atoms with Crippen molar-refractivity contribution < 1.29 is 14.3 Å². The van der Waals surface area contributed by atoms with Gasteiger partial charge in [0.25, 0.3) is 5.91 Å². The van der Waals surface area contributed by atoms with Crippen LogP contribution in [0.15, 0.2) is 60.7 Å². The standard InChI is InChI=1S/C22H27N3O3/c1-28-21(18-8-4-2-5-9-18)22(27)23-13-12-20(26)25-16-14-24(15-17-25)19-10-6-3-7-11-19/h2-11,21H,12-17H2,1H3,(H,23,27). The maximum atomic E-state index is 12.5. The lowest BCUT2D eigenvalue weighted by Gasteiger charge is -2.36. The van der Waals surface area contributed by atoms with Gasteiger partial charge in [0.1, 0.15) is 0 Å². The summed E-state index contributed by atoms with van der Waals surface area (Å²) in [6.45, 7) is 3.35. The molecule has 1 unspecified atom stereocenters. The van der Waals surface area contributed by atoms with E-state index in [4.69, 9.17) is 4.74 Å². The molecule has 0 aromatic heterocycles. The van der Waals surface area contributed by atoms with Crippen LogP contribution in [0.3, 0.4) is 0 Å². The number of methoxy groups -OCH3 is 1. The third-order valence-corrected chi connectivity index (χ3v) is 4.97. The average molecular weight is 381 g/mol. The molecule has 6 nitrogen and oxygen atoms in total. The fourth-order valence-electron chi connectivity index (χ4n) is 3.42. The number of amides is 2. The van der Waals surface area contributed by atoms with Gasteiger partial charge in [0.15, 0.2) is 6.10 Å². The van der Waals surface area contributed by atoms with Crippen molar-refractivity contribution in [1.82, 2.24) is 10.2 Å². The molecule has 0 aliphatic carbocycles. The Morgan fingerprint density at radius 3 is 2.18 bits per heavy atom. The summed E-state index contributed by atoms with van der Waals surface area (Å²) < 4.78 is 5.31. The third-order valence-electron chi connectivity index (χ3n) is 4.97. The Morgan fingerprint density at radius 1 is 0.964 bits per heavy atom. The quantitative estimate of drug-likeness (QED) is 0.799. The van der Waals surface area contributed by atoms with Crippen molar-refractivity contribution in [3.63, 3.8) is 0 Å². The normalized spacial score (nSPS) is 15.2. The van der Waals surface area contributed by atoms with E-state index in [2.05, 4.69) is 22.3 Å². The van der Waals surface area contributed by atoms with Crippen LogP contribution in [0.1, 0.15) is 18.1 Å². The topological polar surface area (TPSA) is 61.9 Å². The Balaban J connectivity index is 1.41. The van der Waals surface area contributed by atoms with Gasteiger partial charge in [-0.3, -0.25) is 9.59 Å². The molecule has 0 spiro atoms. The molecule has 2 amide bonds. The zero-order valence-corrected chi connectivity index (χ0v) is 16.2. The molecule has 1 atom stereocenters. The number of ether oxygens (including phenoxy) is 1. The second-order valence-corrected chi connectivity index (χ2v) is 6.77. The van der Waals surface area contributed by atoms with E-state index in [0.29, 0.717) is 26.1 Å². The summed E-state index contributed by atoms with van der Waals surface area (Å²) in [5.41, 5.74) is 1.99. The average Bonchev–Trinajstić information content (AvgIpc) is 2.76. The molecule has 1 heterocycles. The van der Waals surface area contributed by atoms with Gasteiger partial charge < -0.3 is 19.9 Å². The summed E-state index contributed by atoms with van der Waals surface area (Å²) in [7, 11) is 1.51. The number of carbonyl (C=O) groups is 2. The van der Waals surface area contributed by atoms with E-state index in [0.717, 1.165) is 18.7 Å². The van der Waals surface area contributed by atoms with Crippen molar-refractivity contribution in [3.8, 4) is 0 Å². The summed E-state index contributed by atoms with van der Waals surface area (Å²) in [6.07, 6.45) is -0.367. The highest BCUT2D eigenvalue weighted by molar-refractivity contribution is 5.83. The number of hydrogen-bond donors (Lipinski definition) is 1. The first-order chi connectivity index (χ1) is 13.7. The monoisotopic (exact) mass is 381 g/mol. The van der Waals surface area contributed by atoms with Crippen LogP contribution < -0.4 is 10.2 Å². The van der Waals surface area contributed by atoms with E-state index < -0.39 is 6.10 Å². The smallest absolute Gasteiger partial charge is 0.253 e. The van der Waals surface area contributed by atoms with Crippen LogP contribution >= 0.6 is 0 Å². The second-order valence-electron chi connectivity index (χ2n) is 6.77. The summed E-state index contributed by atoms with van der Waals surface area (Å²) in [5.74, 6) is -0.155. The van der Waals surface area contributed by atoms with Crippen molar-refractivity contribution in [2.24, 2.45) is 0 Å². The lowest BCUT2D eigenvalue weighted by molar-refractivity contribution is -0.133. The van der Waals surface area contributed by atoms with Gasteiger partial charge in [-0.25, -0.2) is 0 Å². The van der Waals surface area contributed by atoms with E-state index in [1.165, 1.54) is 12.8 Å². The number of piperazine rings is 1. The Bertz CT molecular complexity index is 759. The Kier molecular flexibility index (Phi) is 7.03. The first-order valence-electron chi connectivity index (χ1n) is 9.62. The van der Waals surface area contributed by atoms with Crippen LogP contribution in [0.5, 0.6) is 0 Å². The van der Waals surface area contributed by atoms with Crippen LogP contribution in [0.4, 0.5) is 5.69 Å². The van der Waals surface area contributed by atoms with E-state index in [9.17, 15) is 9.59 Å². The number of para-hydroxylation sites is 1. The van der Waals surface area contributed by atoms with Crippen LogP contribution in [-0.4, -0.2) is 56.5 Å². The van der Waals surface area contributed by atoms with Gasteiger partial charge in [-0.1, -0.05) is 48.5 Å². The van der Waals surface area contributed by atoms with E-state index in [1.807, 2.05) is 53.4 Å². The molecule has 2 aromatic carbocycles. The number of anilines is 1. The summed E-state index contributed by atoms with van der Waals surface area (Å²) in [6, 6.07) is 19.6. The first kappa shape index (κ1) is 19.9. The number of nitrogens with one attached hydrogen (secondary N) is 1. The number of rotatable bonds is 7. The highest BCUT2D eigenvalue weighted by Gasteiger charge is 2.22. The fourth-order valence-corrected chi connectivity index (χ4v) is 3.42. The van der Waals surface area contributed by atoms with Crippen molar-refractivity contribution >= 4 is 17.5 Å². The molecule has 0 saturated carbocycles. The third kappa shape index (κ3) is 5.10. The molecule has 1 aliphatic rings. The minimum Gasteiger partial charge on any atom is -0.368 e.